The number of nitrogens with one attached hydrogen (secondary N) is 2. The van der Waals surface area contributed by atoms with Crippen molar-refractivity contribution in [3.05, 3.63) is 0 Å². The molecule has 86 valence electrons. The van der Waals surface area contributed by atoms with E-state index in [0.29, 0.717) is 11.5 Å². The molecule has 1 spiro atoms. The van der Waals surface area contributed by atoms with Crippen LogP contribution in [-0.4, -0.2) is 37.0 Å². The Balaban J connectivity index is 1.78. The lowest BCUT2D eigenvalue weighted by molar-refractivity contribution is -0.123. The molecule has 0 radical (unpaired) electrons. The highest BCUT2D eigenvalue weighted by atomic mass is 32.2. The highest BCUT2D eigenvalue weighted by Gasteiger charge is 2.58. The van der Waals surface area contributed by atoms with Gasteiger partial charge in [0.1, 0.15) is 0 Å². The topological polar surface area (TPSA) is 41.1 Å². The fourth-order valence-corrected chi connectivity index (χ4v) is 3.17. The lowest BCUT2D eigenvalue weighted by Crippen LogP contribution is -2.36. The summed E-state index contributed by atoms with van der Waals surface area (Å²) in [4.78, 5) is 11.9. The third kappa shape index (κ3) is 2.31. The van der Waals surface area contributed by atoms with Crippen molar-refractivity contribution in [3.8, 4) is 0 Å². The Morgan fingerprint density at radius 3 is 3.13 bits per heavy atom. The van der Waals surface area contributed by atoms with Crippen molar-refractivity contribution in [1.29, 1.82) is 0 Å². The normalized spacial score (nSPS) is 35.5. The number of amides is 1. The third-order valence-electron chi connectivity index (χ3n) is 3.59. The maximum atomic E-state index is 11.9. The first-order valence-electron chi connectivity index (χ1n) is 5.68. The molecule has 1 saturated carbocycles. The van der Waals surface area contributed by atoms with E-state index < -0.39 is 0 Å². The Kier molecular flexibility index (Phi) is 3.26. The van der Waals surface area contributed by atoms with Crippen LogP contribution in [0.2, 0.25) is 0 Å². The van der Waals surface area contributed by atoms with E-state index in [-0.39, 0.29) is 11.8 Å². The molecule has 2 rings (SSSR count). The van der Waals surface area contributed by atoms with Crippen molar-refractivity contribution in [3.63, 3.8) is 0 Å². The second kappa shape index (κ2) is 4.34. The van der Waals surface area contributed by atoms with E-state index in [0.717, 1.165) is 25.3 Å². The lowest BCUT2D eigenvalue weighted by Gasteiger charge is -2.13. The average Bonchev–Trinajstić information content (AvgIpc) is 2.65. The maximum Gasteiger partial charge on any atom is 0.223 e. The van der Waals surface area contributed by atoms with Gasteiger partial charge in [0.05, 0.1) is 0 Å². The van der Waals surface area contributed by atoms with Crippen molar-refractivity contribution < 1.29 is 4.79 Å². The fourth-order valence-electron chi connectivity index (χ4n) is 2.59. The number of thioether (sulfide) groups is 1. The molecule has 0 aromatic heterocycles. The second-order valence-corrected chi connectivity index (χ2v) is 5.82. The van der Waals surface area contributed by atoms with Crippen LogP contribution < -0.4 is 10.6 Å². The van der Waals surface area contributed by atoms with Gasteiger partial charge < -0.3 is 10.6 Å². The predicted molar refractivity (Wildman–Crippen MR) is 64.0 cm³/mol. The van der Waals surface area contributed by atoms with Crippen LogP contribution in [0, 0.1) is 11.3 Å². The molecule has 2 fully saturated rings. The van der Waals surface area contributed by atoms with Gasteiger partial charge in [0.25, 0.3) is 0 Å². The minimum absolute atomic E-state index is 0.278. The smallest absolute Gasteiger partial charge is 0.223 e. The van der Waals surface area contributed by atoms with E-state index in [1.165, 1.54) is 6.42 Å². The minimum atomic E-state index is 0.278. The molecular weight excluding hydrogens is 208 g/mol. The molecule has 1 amide bonds. The minimum Gasteiger partial charge on any atom is -0.353 e. The summed E-state index contributed by atoms with van der Waals surface area (Å²) >= 11 is 1.78. The van der Waals surface area contributed by atoms with Crippen molar-refractivity contribution in [2.45, 2.75) is 25.8 Å². The molecule has 1 aliphatic carbocycles. The van der Waals surface area contributed by atoms with Crippen molar-refractivity contribution in [2.75, 3.05) is 25.1 Å². The predicted octanol–water partition coefficient (Wildman–Crippen LogP) is 0.854. The average molecular weight is 228 g/mol. The first-order valence-corrected chi connectivity index (χ1v) is 7.07. The van der Waals surface area contributed by atoms with Crippen LogP contribution >= 0.6 is 11.8 Å². The highest BCUT2D eigenvalue weighted by Crippen LogP contribution is 2.56. The molecule has 0 aromatic rings. The molecule has 3 unspecified atom stereocenters. The molecule has 3 nitrogen and oxygen atoms in total. The summed E-state index contributed by atoms with van der Waals surface area (Å²) in [6, 6.07) is 0.305. The molecule has 1 saturated heterocycles. The summed E-state index contributed by atoms with van der Waals surface area (Å²) in [6.07, 6.45) is 4.35. The number of hydrogen-bond acceptors (Lipinski definition) is 3. The van der Waals surface area contributed by atoms with Gasteiger partial charge in [-0.1, -0.05) is 0 Å². The Hall–Kier alpha value is -0.220. The summed E-state index contributed by atoms with van der Waals surface area (Å²) in [5.41, 5.74) is 0.336. The maximum absolute atomic E-state index is 11.9. The van der Waals surface area contributed by atoms with E-state index in [4.69, 9.17) is 0 Å². The van der Waals surface area contributed by atoms with Crippen LogP contribution in [0.1, 0.15) is 19.8 Å². The van der Waals surface area contributed by atoms with Gasteiger partial charge in [0.15, 0.2) is 0 Å². The van der Waals surface area contributed by atoms with Crippen LogP contribution in [0.25, 0.3) is 0 Å². The number of hydrogen-bond donors (Lipinski definition) is 2. The zero-order valence-electron chi connectivity index (χ0n) is 9.51. The molecule has 15 heavy (non-hydrogen) atoms. The molecule has 2 N–H and O–H groups in total. The van der Waals surface area contributed by atoms with Crippen LogP contribution in [0.4, 0.5) is 0 Å². The largest absolute Gasteiger partial charge is 0.353 e. The second-order valence-electron chi connectivity index (χ2n) is 4.91. The first-order chi connectivity index (χ1) is 7.18. The summed E-state index contributed by atoms with van der Waals surface area (Å²) in [6.45, 7) is 4.21. The van der Waals surface area contributed by atoms with Gasteiger partial charge in [0.2, 0.25) is 5.91 Å². The van der Waals surface area contributed by atoms with Gasteiger partial charge in [0, 0.05) is 24.3 Å². The first kappa shape index (κ1) is 11.3. The summed E-state index contributed by atoms with van der Waals surface area (Å²) < 4.78 is 0. The van der Waals surface area contributed by atoms with Gasteiger partial charge in [-0.2, -0.15) is 11.8 Å². The SMILES string of the molecule is CSCC(C)NC(=O)C1CC12CCNC2. The van der Waals surface area contributed by atoms with Crippen LogP contribution in [0.5, 0.6) is 0 Å². The van der Waals surface area contributed by atoms with E-state index in [2.05, 4.69) is 23.8 Å². The van der Waals surface area contributed by atoms with Gasteiger partial charge in [-0.3, -0.25) is 4.79 Å². The summed E-state index contributed by atoms with van der Waals surface area (Å²) in [5.74, 6) is 1.57. The van der Waals surface area contributed by atoms with Crippen molar-refractivity contribution in [1.82, 2.24) is 10.6 Å². The highest BCUT2D eigenvalue weighted by molar-refractivity contribution is 7.98. The Morgan fingerprint density at radius 1 is 1.73 bits per heavy atom. The Morgan fingerprint density at radius 2 is 2.53 bits per heavy atom. The van der Waals surface area contributed by atoms with Gasteiger partial charge in [-0.25, -0.2) is 0 Å². The van der Waals surface area contributed by atoms with Crippen molar-refractivity contribution in [2.24, 2.45) is 11.3 Å². The van der Waals surface area contributed by atoms with Crippen molar-refractivity contribution >= 4 is 17.7 Å². The molecule has 1 heterocycles. The lowest BCUT2D eigenvalue weighted by atomic mass is 10.0. The van der Waals surface area contributed by atoms with E-state index in [9.17, 15) is 4.79 Å². The van der Waals surface area contributed by atoms with Gasteiger partial charge in [-0.15, -0.1) is 0 Å². The molecule has 3 atom stereocenters. The standard InChI is InChI=1S/C11H20N2OS/c1-8(6-15-2)13-10(14)9-5-11(9)3-4-12-7-11/h8-9,12H,3-7H2,1-2H3,(H,13,14). The molecule has 2 aliphatic rings. The summed E-state index contributed by atoms with van der Waals surface area (Å²) in [7, 11) is 0. The van der Waals surface area contributed by atoms with E-state index in [1.54, 1.807) is 11.8 Å². The molecule has 4 heteroatoms. The third-order valence-corrected chi connectivity index (χ3v) is 4.42. The van der Waals surface area contributed by atoms with E-state index >= 15 is 0 Å². The number of carbonyl (C=O) groups excluding carboxylic acids is 1. The zero-order valence-corrected chi connectivity index (χ0v) is 10.3. The molecule has 0 bridgehead atoms. The van der Waals surface area contributed by atoms with Gasteiger partial charge >= 0.3 is 0 Å². The molecular formula is C11H20N2OS. The Labute approximate surface area is 95.8 Å². The van der Waals surface area contributed by atoms with Crippen LogP contribution in [0.3, 0.4) is 0 Å². The van der Waals surface area contributed by atoms with Gasteiger partial charge in [-0.05, 0) is 38.0 Å². The zero-order chi connectivity index (χ0) is 10.9. The number of rotatable bonds is 4. The molecule has 0 aromatic carbocycles. The quantitative estimate of drug-likeness (QED) is 0.749. The summed E-state index contributed by atoms with van der Waals surface area (Å²) in [5, 5.41) is 6.46. The van der Waals surface area contributed by atoms with E-state index in [1.807, 2.05) is 0 Å². The fraction of sp³-hybridized carbons (Fsp3) is 0.909. The Bertz CT molecular complexity index is 251. The van der Waals surface area contributed by atoms with Crippen LogP contribution in [0.15, 0.2) is 0 Å². The monoisotopic (exact) mass is 228 g/mol. The van der Waals surface area contributed by atoms with Crippen LogP contribution in [-0.2, 0) is 4.79 Å². The number of carbonyl (C=O) groups is 1. The molecule has 1 aliphatic heterocycles.